The Hall–Kier alpha value is -2.21. The second-order valence-corrected chi connectivity index (χ2v) is 6.57. The van der Waals surface area contributed by atoms with E-state index >= 15 is 0 Å². The van der Waals surface area contributed by atoms with Crippen molar-refractivity contribution in [3.8, 4) is 0 Å². The second kappa shape index (κ2) is 6.73. The van der Waals surface area contributed by atoms with Crippen LogP contribution < -0.4 is 5.73 Å². The molecule has 6 heteroatoms. The van der Waals surface area contributed by atoms with Gasteiger partial charge in [-0.15, -0.1) is 11.8 Å². The van der Waals surface area contributed by atoms with Gasteiger partial charge in [-0.1, -0.05) is 12.1 Å². The van der Waals surface area contributed by atoms with Gasteiger partial charge in [0, 0.05) is 23.3 Å². The summed E-state index contributed by atoms with van der Waals surface area (Å²) in [5.41, 5.74) is 7.57. The first kappa shape index (κ1) is 16.6. The van der Waals surface area contributed by atoms with Gasteiger partial charge in [-0.25, -0.2) is 4.79 Å². The molecule has 1 aromatic rings. The Balaban J connectivity index is 2.15. The molecule has 1 aliphatic heterocycles. The predicted molar refractivity (Wildman–Crippen MR) is 91.2 cm³/mol. The number of ketones is 1. The molecule has 0 radical (unpaired) electrons. The number of benzene rings is 1. The molecular weight excluding hydrogens is 326 g/mol. The summed E-state index contributed by atoms with van der Waals surface area (Å²) in [6, 6.07) is 7.78. The first-order valence-corrected chi connectivity index (χ1v) is 8.95. The van der Waals surface area contributed by atoms with Crippen LogP contribution in [0.1, 0.15) is 30.7 Å². The molecule has 0 spiro atoms. The maximum Gasteiger partial charge on any atom is 0.340 e. The number of thioether (sulfide) groups is 1. The zero-order valence-electron chi connectivity index (χ0n) is 13.6. The van der Waals surface area contributed by atoms with E-state index in [0.29, 0.717) is 24.2 Å². The number of ether oxygens (including phenoxy) is 2. The van der Waals surface area contributed by atoms with E-state index in [-0.39, 0.29) is 17.2 Å². The zero-order chi connectivity index (χ0) is 17.3. The summed E-state index contributed by atoms with van der Waals surface area (Å²) < 4.78 is 10.5. The fourth-order valence-corrected chi connectivity index (χ4v) is 3.60. The number of methoxy groups -OCH3 is 1. The number of Topliss-reactive ketones (excluding diaryl/α,β-unsaturated/α-hetero) is 1. The minimum absolute atomic E-state index is 0.00379. The first-order chi connectivity index (χ1) is 11.6. The lowest BCUT2D eigenvalue weighted by Gasteiger charge is -2.32. The molecule has 0 saturated heterocycles. The Morgan fingerprint density at radius 3 is 2.62 bits per heavy atom. The van der Waals surface area contributed by atoms with Crippen LogP contribution in [-0.2, 0) is 19.1 Å². The topological polar surface area (TPSA) is 78.6 Å². The van der Waals surface area contributed by atoms with Crippen molar-refractivity contribution in [3.63, 3.8) is 0 Å². The Labute approximate surface area is 144 Å². The van der Waals surface area contributed by atoms with Gasteiger partial charge < -0.3 is 15.2 Å². The lowest BCUT2D eigenvalue weighted by molar-refractivity contribution is -0.136. The standard InChI is InChI=1S/C18H19NO4S/c1-22-18(21)16-14(10-6-8-11(24-2)9-7-10)15-12(20)4-3-5-13(15)23-17(16)19/h6-9,14H,3-5,19H2,1-2H3/t14-/m0/s1. The predicted octanol–water partition coefficient (Wildman–Crippen LogP) is 2.87. The van der Waals surface area contributed by atoms with Crippen LogP contribution >= 0.6 is 11.8 Å². The van der Waals surface area contributed by atoms with Crippen LogP contribution in [0.25, 0.3) is 0 Å². The molecular formula is C18H19NO4S. The van der Waals surface area contributed by atoms with Gasteiger partial charge in [-0.3, -0.25) is 4.79 Å². The lowest BCUT2D eigenvalue weighted by atomic mass is 9.77. The van der Waals surface area contributed by atoms with Gasteiger partial charge in [0.25, 0.3) is 0 Å². The van der Waals surface area contributed by atoms with E-state index in [1.54, 1.807) is 11.8 Å². The van der Waals surface area contributed by atoms with E-state index in [2.05, 4.69) is 0 Å². The molecule has 2 N–H and O–H groups in total. The van der Waals surface area contributed by atoms with Crippen molar-refractivity contribution < 1.29 is 19.1 Å². The van der Waals surface area contributed by atoms with Gasteiger partial charge in [0.1, 0.15) is 11.3 Å². The fourth-order valence-electron chi connectivity index (χ4n) is 3.19. The molecule has 24 heavy (non-hydrogen) atoms. The maximum absolute atomic E-state index is 12.5. The summed E-state index contributed by atoms with van der Waals surface area (Å²) in [5, 5.41) is 0. The van der Waals surface area contributed by atoms with E-state index in [4.69, 9.17) is 15.2 Å². The van der Waals surface area contributed by atoms with Crippen LogP contribution in [0.15, 0.2) is 51.9 Å². The third-order valence-electron chi connectivity index (χ3n) is 4.34. The monoisotopic (exact) mass is 345 g/mol. The number of nitrogens with two attached hydrogens (primary N) is 1. The zero-order valence-corrected chi connectivity index (χ0v) is 14.4. The number of hydrogen-bond donors (Lipinski definition) is 1. The van der Waals surface area contributed by atoms with Crippen molar-refractivity contribution in [2.24, 2.45) is 5.73 Å². The van der Waals surface area contributed by atoms with Gasteiger partial charge in [0.15, 0.2) is 5.78 Å². The van der Waals surface area contributed by atoms with Crippen molar-refractivity contribution in [1.29, 1.82) is 0 Å². The molecule has 0 amide bonds. The van der Waals surface area contributed by atoms with Crippen LogP contribution in [0.2, 0.25) is 0 Å². The normalized spacial score (nSPS) is 20.6. The maximum atomic E-state index is 12.5. The molecule has 1 aliphatic carbocycles. The average Bonchev–Trinajstić information content (AvgIpc) is 2.60. The molecule has 0 saturated carbocycles. The van der Waals surface area contributed by atoms with Crippen molar-refractivity contribution in [1.82, 2.24) is 0 Å². The third-order valence-corrected chi connectivity index (χ3v) is 5.08. The summed E-state index contributed by atoms with van der Waals surface area (Å²) in [6.07, 6.45) is 3.83. The van der Waals surface area contributed by atoms with Gasteiger partial charge >= 0.3 is 5.97 Å². The molecule has 0 unspecified atom stereocenters. The third kappa shape index (κ3) is 2.82. The van der Waals surface area contributed by atoms with Crippen LogP contribution in [0, 0.1) is 0 Å². The number of esters is 1. The van der Waals surface area contributed by atoms with Crippen LogP contribution in [-0.4, -0.2) is 25.1 Å². The quantitative estimate of drug-likeness (QED) is 0.670. The molecule has 2 aliphatic rings. The minimum atomic E-state index is -0.573. The second-order valence-electron chi connectivity index (χ2n) is 5.69. The largest absolute Gasteiger partial charge is 0.465 e. The number of carbonyl (C=O) groups excluding carboxylic acids is 2. The van der Waals surface area contributed by atoms with E-state index in [0.717, 1.165) is 16.9 Å². The molecule has 126 valence electrons. The van der Waals surface area contributed by atoms with Crippen molar-refractivity contribution >= 4 is 23.5 Å². The number of hydrogen-bond acceptors (Lipinski definition) is 6. The number of carbonyl (C=O) groups is 2. The Morgan fingerprint density at radius 1 is 1.29 bits per heavy atom. The molecule has 0 bridgehead atoms. The van der Waals surface area contributed by atoms with E-state index in [1.165, 1.54) is 7.11 Å². The Bertz CT molecular complexity index is 749. The highest BCUT2D eigenvalue weighted by atomic mass is 32.2. The summed E-state index contributed by atoms with van der Waals surface area (Å²) in [6.45, 7) is 0. The highest BCUT2D eigenvalue weighted by Crippen LogP contribution is 2.44. The van der Waals surface area contributed by atoms with Gasteiger partial charge in [0.2, 0.25) is 5.88 Å². The highest BCUT2D eigenvalue weighted by Gasteiger charge is 2.40. The summed E-state index contributed by atoms with van der Waals surface area (Å²) in [5.74, 6) is -0.505. The number of allylic oxidation sites excluding steroid dienone is 2. The summed E-state index contributed by atoms with van der Waals surface area (Å²) >= 11 is 1.63. The minimum Gasteiger partial charge on any atom is -0.465 e. The SMILES string of the molecule is COC(=O)C1=C(N)OC2=C(C(=O)CCC2)[C@@H]1c1ccc(SC)cc1. The molecule has 3 rings (SSSR count). The van der Waals surface area contributed by atoms with Crippen LogP contribution in [0.3, 0.4) is 0 Å². The highest BCUT2D eigenvalue weighted by molar-refractivity contribution is 7.98. The molecule has 1 atom stereocenters. The Morgan fingerprint density at radius 2 is 2.00 bits per heavy atom. The molecule has 0 aromatic heterocycles. The number of rotatable bonds is 3. The molecule has 5 nitrogen and oxygen atoms in total. The Kier molecular flexibility index (Phi) is 4.66. The molecule has 1 aromatic carbocycles. The van der Waals surface area contributed by atoms with E-state index in [9.17, 15) is 9.59 Å². The van der Waals surface area contributed by atoms with Crippen molar-refractivity contribution in [2.75, 3.05) is 13.4 Å². The summed E-state index contributed by atoms with van der Waals surface area (Å²) in [4.78, 5) is 25.9. The van der Waals surface area contributed by atoms with E-state index in [1.807, 2.05) is 30.5 Å². The smallest absolute Gasteiger partial charge is 0.340 e. The van der Waals surface area contributed by atoms with Gasteiger partial charge in [-0.2, -0.15) is 0 Å². The van der Waals surface area contributed by atoms with Crippen molar-refractivity contribution in [2.45, 2.75) is 30.1 Å². The van der Waals surface area contributed by atoms with Crippen LogP contribution in [0.5, 0.6) is 0 Å². The summed E-state index contributed by atoms with van der Waals surface area (Å²) in [7, 11) is 1.29. The average molecular weight is 345 g/mol. The van der Waals surface area contributed by atoms with E-state index < -0.39 is 11.9 Å². The van der Waals surface area contributed by atoms with Crippen LogP contribution in [0.4, 0.5) is 0 Å². The fraction of sp³-hybridized carbons (Fsp3) is 0.333. The molecule has 0 fully saturated rings. The van der Waals surface area contributed by atoms with Gasteiger partial charge in [-0.05, 0) is 30.4 Å². The van der Waals surface area contributed by atoms with Crippen molar-refractivity contribution in [3.05, 3.63) is 52.6 Å². The lowest BCUT2D eigenvalue weighted by Crippen LogP contribution is -2.31. The molecule has 1 heterocycles. The van der Waals surface area contributed by atoms with Gasteiger partial charge in [0.05, 0.1) is 13.0 Å². The first-order valence-electron chi connectivity index (χ1n) is 7.72.